The van der Waals surface area contributed by atoms with Gasteiger partial charge in [0.05, 0.1) is 0 Å². The van der Waals surface area contributed by atoms with Crippen LogP contribution in [0.3, 0.4) is 0 Å². The number of ketones is 1. The molecule has 8 rings (SSSR count). The molecule has 0 heterocycles. The van der Waals surface area contributed by atoms with E-state index < -0.39 is 0 Å². The van der Waals surface area contributed by atoms with E-state index >= 15 is 0 Å². The SMILES string of the molecule is C=C1/C=C2\C3=CCc4cc5c(cc4C1CC)C(CC)c1cc4c(cc1C5)C(=O)c1cc(c(cc1C4CC)C2CC)C3. The number of allylic oxidation sites excluding steroid dienone is 5. The number of fused-ring (bicyclic) bond motifs is 1. The maximum Gasteiger partial charge on any atom is 0.193 e. The highest BCUT2D eigenvalue weighted by molar-refractivity contribution is 6.13. The van der Waals surface area contributed by atoms with E-state index in [4.69, 9.17) is 6.58 Å². The first-order chi connectivity index (χ1) is 19.9. The number of rotatable bonds is 4. The van der Waals surface area contributed by atoms with E-state index in [1.54, 1.807) is 0 Å². The molecule has 41 heavy (non-hydrogen) atoms. The van der Waals surface area contributed by atoms with Crippen LogP contribution in [-0.4, -0.2) is 5.78 Å². The monoisotopic (exact) mass is 536 g/mol. The molecule has 1 nitrogen and oxygen atoms in total. The summed E-state index contributed by atoms with van der Waals surface area (Å²) in [5.41, 5.74) is 20.1. The Labute approximate surface area is 245 Å². The molecule has 0 spiro atoms. The largest absolute Gasteiger partial charge is 0.289 e. The third-order valence-corrected chi connectivity index (χ3v) is 11.3. The molecule has 4 atom stereocenters. The first-order valence-electron chi connectivity index (χ1n) is 16.1. The maximum absolute atomic E-state index is 14.3. The molecular formula is C40H40O. The summed E-state index contributed by atoms with van der Waals surface area (Å²) in [4.78, 5) is 14.3. The van der Waals surface area contributed by atoms with E-state index in [2.05, 4.69) is 76.2 Å². The van der Waals surface area contributed by atoms with Crippen molar-refractivity contribution in [2.45, 2.75) is 96.3 Å². The van der Waals surface area contributed by atoms with Crippen LogP contribution in [0.2, 0.25) is 0 Å². The number of carbonyl (C=O) groups is 1. The van der Waals surface area contributed by atoms with Gasteiger partial charge in [-0.3, -0.25) is 4.79 Å². The maximum atomic E-state index is 14.3. The second-order valence-corrected chi connectivity index (χ2v) is 13.2. The summed E-state index contributed by atoms with van der Waals surface area (Å²) < 4.78 is 0. The lowest BCUT2D eigenvalue weighted by Crippen LogP contribution is -2.25. The van der Waals surface area contributed by atoms with Crippen LogP contribution in [0.4, 0.5) is 0 Å². The van der Waals surface area contributed by atoms with Gasteiger partial charge in [-0.05, 0) is 129 Å². The molecule has 1 heteroatoms. The quantitative estimate of drug-likeness (QED) is 0.324. The molecular weight excluding hydrogens is 496 g/mol. The lowest BCUT2D eigenvalue weighted by atomic mass is 9.67. The van der Waals surface area contributed by atoms with Crippen molar-refractivity contribution in [3.8, 4) is 0 Å². The minimum Gasteiger partial charge on any atom is -0.289 e. The molecule has 3 aromatic rings. The summed E-state index contributed by atoms with van der Waals surface area (Å²) in [6.45, 7) is 14.0. The standard InChI is InChI=1S/C40H40O/c1-6-27-21(5)12-31-22-10-11-23-13-24-15-26-17-39-37(20-35(26)29(8-3)33(24)18-32(23)27)30(9-4)36-19-34(28(31)7-2)25(14-22)16-38(36)40(39)41/h10,12-13,16-20,27-30H,5-9,11,14-15H2,1-4H3/b22-10?,31-12+. The van der Waals surface area contributed by atoms with Crippen LogP contribution in [0.25, 0.3) is 0 Å². The van der Waals surface area contributed by atoms with E-state index in [0.717, 1.165) is 56.1 Å². The summed E-state index contributed by atoms with van der Waals surface area (Å²) in [5.74, 6) is 1.51. The third-order valence-electron chi connectivity index (χ3n) is 11.3. The normalized spacial score (nSPS) is 25.9. The van der Waals surface area contributed by atoms with Crippen molar-refractivity contribution < 1.29 is 4.79 Å². The van der Waals surface area contributed by atoms with E-state index in [-0.39, 0.29) is 11.7 Å². The molecule has 0 N–H and O–H groups in total. The highest BCUT2D eigenvalue weighted by atomic mass is 16.1. The van der Waals surface area contributed by atoms with E-state index in [0.29, 0.717) is 17.8 Å². The molecule has 0 amide bonds. The molecule has 0 aromatic heterocycles. The molecule has 206 valence electrons. The number of hydrogen-bond acceptors (Lipinski definition) is 1. The average Bonchev–Trinajstić information content (AvgIpc) is 3.03. The lowest BCUT2D eigenvalue weighted by Gasteiger charge is -2.36. The fourth-order valence-corrected chi connectivity index (χ4v) is 9.29. The van der Waals surface area contributed by atoms with Crippen molar-refractivity contribution in [1.82, 2.24) is 0 Å². The Balaban J connectivity index is 1.53. The Kier molecular flexibility index (Phi) is 5.56. The highest BCUT2D eigenvalue weighted by Gasteiger charge is 2.38. The molecule has 5 aliphatic rings. The molecule has 0 aliphatic heterocycles. The number of carbonyl (C=O) groups excluding carboxylic acids is 1. The van der Waals surface area contributed by atoms with Crippen molar-refractivity contribution in [2.75, 3.05) is 0 Å². The topological polar surface area (TPSA) is 17.1 Å². The van der Waals surface area contributed by atoms with Gasteiger partial charge in [-0.1, -0.05) is 70.7 Å². The smallest absolute Gasteiger partial charge is 0.193 e. The van der Waals surface area contributed by atoms with Gasteiger partial charge >= 0.3 is 0 Å². The second-order valence-electron chi connectivity index (χ2n) is 13.2. The van der Waals surface area contributed by atoms with Crippen molar-refractivity contribution in [2.24, 2.45) is 0 Å². The molecule has 0 saturated carbocycles. The Bertz CT molecular complexity index is 1760. The van der Waals surface area contributed by atoms with Crippen LogP contribution in [0.5, 0.6) is 0 Å². The Hall–Kier alpha value is -3.45. The van der Waals surface area contributed by atoms with Crippen LogP contribution in [-0.2, 0) is 19.3 Å². The van der Waals surface area contributed by atoms with Crippen LogP contribution in [0.1, 0.15) is 149 Å². The lowest BCUT2D eigenvalue weighted by molar-refractivity contribution is 0.103. The fraction of sp³-hybridized carbons (Fsp3) is 0.375. The van der Waals surface area contributed by atoms with Gasteiger partial charge in [0.2, 0.25) is 0 Å². The zero-order chi connectivity index (χ0) is 28.2. The zero-order valence-corrected chi connectivity index (χ0v) is 25.0. The van der Waals surface area contributed by atoms with Crippen LogP contribution in [0.15, 0.2) is 71.8 Å². The molecule has 4 unspecified atom stereocenters. The summed E-state index contributed by atoms with van der Waals surface area (Å²) in [6.07, 6.45) is 11.9. The molecule has 5 aliphatic carbocycles. The van der Waals surface area contributed by atoms with Crippen molar-refractivity contribution in [3.63, 3.8) is 0 Å². The minimum atomic E-state index is 0.232. The first kappa shape index (κ1) is 25.3. The fourth-order valence-electron chi connectivity index (χ4n) is 9.29. The first-order valence-corrected chi connectivity index (χ1v) is 16.1. The molecule has 3 aromatic carbocycles. The molecule has 0 saturated heterocycles. The van der Waals surface area contributed by atoms with Gasteiger partial charge in [-0.2, -0.15) is 0 Å². The van der Waals surface area contributed by atoms with E-state index in [1.165, 1.54) is 72.4 Å². The summed E-state index contributed by atoms with van der Waals surface area (Å²) in [6, 6.07) is 14.6. The van der Waals surface area contributed by atoms with Gasteiger partial charge in [0.25, 0.3) is 0 Å². The van der Waals surface area contributed by atoms with Crippen molar-refractivity contribution in [3.05, 3.63) is 139 Å². The van der Waals surface area contributed by atoms with Crippen molar-refractivity contribution >= 4 is 5.78 Å². The second kappa shape index (κ2) is 9.02. The van der Waals surface area contributed by atoms with Gasteiger partial charge < -0.3 is 0 Å². The van der Waals surface area contributed by atoms with E-state index in [1.807, 2.05) is 0 Å². The average molecular weight is 537 g/mol. The third kappa shape index (κ3) is 3.38. The molecule has 0 fully saturated rings. The van der Waals surface area contributed by atoms with Crippen LogP contribution < -0.4 is 0 Å². The Morgan fingerprint density at radius 2 is 1.12 bits per heavy atom. The molecule has 0 radical (unpaired) electrons. The zero-order valence-electron chi connectivity index (χ0n) is 25.0. The number of hydrogen-bond donors (Lipinski definition) is 0. The van der Waals surface area contributed by atoms with E-state index in [9.17, 15) is 4.79 Å². The Morgan fingerprint density at radius 1 is 0.610 bits per heavy atom. The van der Waals surface area contributed by atoms with Crippen LogP contribution >= 0.6 is 0 Å². The highest BCUT2D eigenvalue weighted by Crippen LogP contribution is 2.51. The van der Waals surface area contributed by atoms with Crippen molar-refractivity contribution in [1.29, 1.82) is 0 Å². The minimum absolute atomic E-state index is 0.232. The summed E-state index contributed by atoms with van der Waals surface area (Å²) in [7, 11) is 0. The van der Waals surface area contributed by atoms with Gasteiger partial charge in [0.1, 0.15) is 0 Å². The van der Waals surface area contributed by atoms with Gasteiger partial charge in [0, 0.05) is 34.8 Å². The van der Waals surface area contributed by atoms with Gasteiger partial charge in [0.15, 0.2) is 5.78 Å². The predicted octanol–water partition coefficient (Wildman–Crippen LogP) is 9.74. The van der Waals surface area contributed by atoms with Crippen LogP contribution in [0, 0.1) is 0 Å². The summed E-state index contributed by atoms with van der Waals surface area (Å²) in [5, 5.41) is 0. The van der Waals surface area contributed by atoms with Gasteiger partial charge in [-0.15, -0.1) is 0 Å². The molecule has 7 bridgehead atoms. The summed E-state index contributed by atoms with van der Waals surface area (Å²) >= 11 is 0. The predicted molar refractivity (Wildman–Crippen MR) is 169 cm³/mol. The van der Waals surface area contributed by atoms with Gasteiger partial charge in [-0.25, -0.2) is 0 Å². The Morgan fingerprint density at radius 3 is 1.76 bits per heavy atom. The number of benzene rings is 3.